The number of nitrogens with one attached hydrogen (secondary N) is 1. The zero-order chi connectivity index (χ0) is 25.0. The Bertz CT molecular complexity index is 837. The normalized spacial score (nSPS) is 26.7. The van der Waals surface area contributed by atoms with E-state index in [1.54, 1.807) is 0 Å². The topological polar surface area (TPSA) is 109 Å². The molecule has 2 bridgehead atoms. The molecule has 3 N–H and O–H groups in total. The lowest BCUT2D eigenvalue weighted by Gasteiger charge is -2.31. The number of nitrogens with zero attached hydrogens (tertiary/aromatic N) is 4. The van der Waals surface area contributed by atoms with Crippen LogP contribution in [0.5, 0.6) is 0 Å². The summed E-state index contributed by atoms with van der Waals surface area (Å²) in [5.41, 5.74) is 2.05. The van der Waals surface area contributed by atoms with E-state index in [1.807, 2.05) is 17.0 Å². The van der Waals surface area contributed by atoms with Crippen LogP contribution in [-0.2, 0) is 16.0 Å². The third kappa shape index (κ3) is 10.1. The van der Waals surface area contributed by atoms with E-state index in [0.29, 0.717) is 19.0 Å². The zero-order valence-corrected chi connectivity index (χ0v) is 21.1. The average molecular weight is 504 g/mol. The summed E-state index contributed by atoms with van der Waals surface area (Å²) in [4.78, 5) is 33.7. The summed E-state index contributed by atoms with van der Waals surface area (Å²) in [6.45, 7) is 7.35. The largest absolute Gasteiger partial charge is 0.481 e. The van der Waals surface area contributed by atoms with Crippen molar-refractivity contribution >= 4 is 35.0 Å². The maximum Gasteiger partial charge on any atom is 0.317 e. The number of hydrogen-bond acceptors (Lipinski definition) is 8. The van der Waals surface area contributed by atoms with Crippen LogP contribution in [0.1, 0.15) is 24.8 Å². The standard InChI is InChI=1S/C25H37N5O4S/c31-24(32)15-23-6-10-28-8-1-9-29(18-25(33)34)12-13-30(11-7-26-23)17-21(16-28)14-20-2-4-22(5-3-20)27-19-35/h2-5,21,23,26H,1,6-18H2,(H,31,32)(H,33,34). The summed E-state index contributed by atoms with van der Waals surface area (Å²) >= 11 is 4.70. The summed E-state index contributed by atoms with van der Waals surface area (Å²) in [7, 11) is 0. The Labute approximate surface area is 212 Å². The van der Waals surface area contributed by atoms with Gasteiger partial charge in [0.1, 0.15) is 0 Å². The van der Waals surface area contributed by atoms with Crippen molar-refractivity contribution in [2.75, 3.05) is 65.4 Å². The van der Waals surface area contributed by atoms with Crippen molar-refractivity contribution < 1.29 is 19.8 Å². The average Bonchev–Trinajstić information content (AvgIpc) is 2.85. The number of carbonyl (C=O) groups is 2. The second-order valence-electron chi connectivity index (χ2n) is 9.60. The minimum Gasteiger partial charge on any atom is -0.481 e. The van der Waals surface area contributed by atoms with Crippen molar-refractivity contribution in [2.24, 2.45) is 10.9 Å². The fraction of sp³-hybridized carbons (Fsp3) is 0.640. The molecule has 4 unspecified atom stereocenters. The molecule has 35 heavy (non-hydrogen) atoms. The van der Waals surface area contributed by atoms with Crippen LogP contribution in [-0.4, -0.2) is 114 Å². The summed E-state index contributed by atoms with van der Waals surface area (Å²) in [5.74, 6) is -1.16. The van der Waals surface area contributed by atoms with Gasteiger partial charge in [0.05, 0.1) is 23.8 Å². The highest BCUT2D eigenvalue weighted by Crippen LogP contribution is 2.19. The van der Waals surface area contributed by atoms with Gasteiger partial charge in [0.25, 0.3) is 0 Å². The molecule has 2 heterocycles. The summed E-state index contributed by atoms with van der Waals surface area (Å²) < 4.78 is 0. The smallest absolute Gasteiger partial charge is 0.317 e. The van der Waals surface area contributed by atoms with Crippen molar-refractivity contribution in [3.05, 3.63) is 29.8 Å². The molecule has 4 atom stereocenters. The van der Waals surface area contributed by atoms with E-state index in [9.17, 15) is 19.8 Å². The van der Waals surface area contributed by atoms with Crippen LogP contribution >= 0.6 is 12.2 Å². The first kappa shape index (κ1) is 27.4. The molecule has 2 saturated heterocycles. The number of carboxylic acid groups (broad SMARTS) is 2. The van der Waals surface area contributed by atoms with Crippen LogP contribution in [0.2, 0.25) is 0 Å². The number of aliphatic imine (C=N–C) groups is 1. The Morgan fingerprint density at radius 1 is 1.00 bits per heavy atom. The molecule has 0 radical (unpaired) electrons. The van der Waals surface area contributed by atoms with E-state index in [-0.39, 0.29) is 19.0 Å². The molecule has 9 nitrogen and oxygen atoms in total. The van der Waals surface area contributed by atoms with Gasteiger partial charge in [0.2, 0.25) is 0 Å². The van der Waals surface area contributed by atoms with Crippen LogP contribution in [0, 0.1) is 5.92 Å². The Morgan fingerprint density at radius 3 is 2.43 bits per heavy atom. The van der Waals surface area contributed by atoms with E-state index in [1.165, 1.54) is 5.56 Å². The van der Waals surface area contributed by atoms with Crippen LogP contribution in [0.4, 0.5) is 5.69 Å². The number of thiocarbonyl (C=S) groups is 1. The summed E-state index contributed by atoms with van der Waals surface area (Å²) in [5, 5.41) is 24.6. The number of benzene rings is 1. The molecule has 0 amide bonds. The molecule has 0 saturated carbocycles. The van der Waals surface area contributed by atoms with Gasteiger partial charge in [-0.3, -0.25) is 14.5 Å². The molecule has 192 valence electrons. The van der Waals surface area contributed by atoms with Crippen molar-refractivity contribution in [1.29, 1.82) is 0 Å². The fourth-order valence-corrected chi connectivity index (χ4v) is 5.22. The number of fused-ring (bicyclic) bond motifs is 4. The molecule has 10 heteroatoms. The monoisotopic (exact) mass is 503 g/mol. The second-order valence-corrected chi connectivity index (χ2v) is 9.78. The second kappa shape index (κ2) is 14.4. The van der Waals surface area contributed by atoms with Crippen LogP contribution in [0.3, 0.4) is 0 Å². The van der Waals surface area contributed by atoms with Gasteiger partial charge in [-0.15, -0.1) is 0 Å². The fourth-order valence-electron chi connectivity index (χ4n) is 5.11. The van der Waals surface area contributed by atoms with E-state index in [2.05, 4.69) is 37.4 Å². The summed E-state index contributed by atoms with van der Waals surface area (Å²) in [6, 6.07) is 8.08. The Hall–Kier alpha value is -2.20. The minimum absolute atomic E-state index is 0.0471. The first-order valence-corrected chi connectivity index (χ1v) is 12.8. The lowest BCUT2D eigenvalue weighted by atomic mass is 9.97. The molecule has 3 rings (SSSR count). The number of carboxylic acids is 2. The van der Waals surface area contributed by atoms with E-state index in [4.69, 9.17) is 12.2 Å². The number of aliphatic carboxylic acids is 2. The molecule has 2 fully saturated rings. The van der Waals surface area contributed by atoms with Crippen molar-refractivity contribution in [3.8, 4) is 0 Å². The molecule has 0 spiro atoms. The molecule has 0 aromatic heterocycles. The van der Waals surface area contributed by atoms with Crippen LogP contribution in [0.25, 0.3) is 0 Å². The number of rotatable bonds is 7. The quantitative estimate of drug-likeness (QED) is 0.379. The van der Waals surface area contributed by atoms with Gasteiger partial charge in [0.15, 0.2) is 0 Å². The van der Waals surface area contributed by atoms with Crippen LogP contribution in [0.15, 0.2) is 29.3 Å². The van der Waals surface area contributed by atoms with Gasteiger partial charge in [-0.1, -0.05) is 12.1 Å². The third-order valence-corrected chi connectivity index (χ3v) is 6.88. The van der Waals surface area contributed by atoms with Gasteiger partial charge < -0.3 is 25.3 Å². The number of hydrogen-bond donors (Lipinski definition) is 3. The molecule has 1 aromatic carbocycles. The van der Waals surface area contributed by atoms with Crippen molar-refractivity contribution in [1.82, 2.24) is 20.0 Å². The maximum atomic E-state index is 11.4. The van der Waals surface area contributed by atoms with Crippen LogP contribution < -0.4 is 5.32 Å². The predicted octanol–water partition coefficient (Wildman–Crippen LogP) is 1.81. The highest BCUT2D eigenvalue weighted by molar-refractivity contribution is 7.78. The molecule has 2 aliphatic heterocycles. The van der Waals surface area contributed by atoms with E-state index in [0.717, 1.165) is 70.8 Å². The third-order valence-electron chi connectivity index (χ3n) is 6.78. The SMILES string of the molecule is O=C(O)CC1CCN2CCCN(CC(=O)O)CCN(CCN1)CC(Cc1ccc(N=C=S)cc1)C2. The first-order chi connectivity index (χ1) is 16.9. The van der Waals surface area contributed by atoms with Gasteiger partial charge in [-0.2, -0.15) is 4.99 Å². The lowest BCUT2D eigenvalue weighted by Crippen LogP contribution is -2.44. The first-order valence-electron chi connectivity index (χ1n) is 12.4. The zero-order valence-electron chi connectivity index (χ0n) is 20.3. The van der Waals surface area contributed by atoms with E-state index >= 15 is 0 Å². The highest BCUT2D eigenvalue weighted by atomic mass is 32.1. The van der Waals surface area contributed by atoms with Gasteiger partial charge >= 0.3 is 11.9 Å². The predicted molar refractivity (Wildman–Crippen MR) is 139 cm³/mol. The molecule has 1 aromatic rings. The lowest BCUT2D eigenvalue weighted by molar-refractivity contribution is -0.139. The Kier molecular flexibility index (Phi) is 11.3. The van der Waals surface area contributed by atoms with Gasteiger partial charge in [-0.25, -0.2) is 0 Å². The Balaban J connectivity index is 1.80. The number of isothiocyanates is 1. The van der Waals surface area contributed by atoms with Gasteiger partial charge in [0, 0.05) is 51.9 Å². The highest BCUT2D eigenvalue weighted by Gasteiger charge is 2.24. The minimum atomic E-state index is -0.790. The molecular formula is C25H37N5O4S. The van der Waals surface area contributed by atoms with E-state index < -0.39 is 11.9 Å². The molecule has 0 aliphatic carbocycles. The maximum absolute atomic E-state index is 11.4. The van der Waals surface area contributed by atoms with Crippen molar-refractivity contribution in [3.63, 3.8) is 0 Å². The van der Waals surface area contributed by atoms with Gasteiger partial charge in [-0.05, 0) is 68.2 Å². The van der Waals surface area contributed by atoms with Crippen molar-refractivity contribution in [2.45, 2.75) is 31.7 Å². The summed E-state index contributed by atoms with van der Waals surface area (Å²) in [6.07, 6.45) is 2.73. The Morgan fingerprint density at radius 2 is 1.74 bits per heavy atom. The molecular weight excluding hydrogens is 466 g/mol. The molecule has 2 aliphatic rings.